The van der Waals surface area contributed by atoms with Crippen LogP contribution in [0.25, 0.3) is 0 Å². The summed E-state index contributed by atoms with van der Waals surface area (Å²) in [5.74, 6) is 1.09. The number of para-hydroxylation sites is 1. The first-order valence-electron chi connectivity index (χ1n) is 6.52. The second kappa shape index (κ2) is 7.78. The van der Waals surface area contributed by atoms with Crippen molar-refractivity contribution in [1.29, 1.82) is 0 Å². The van der Waals surface area contributed by atoms with E-state index in [1.165, 1.54) is 0 Å². The molecule has 0 spiro atoms. The molecule has 1 atom stereocenters. The van der Waals surface area contributed by atoms with Gasteiger partial charge in [-0.25, -0.2) is 0 Å². The molecule has 0 bridgehead atoms. The number of hydrogen-bond acceptors (Lipinski definition) is 3. The van der Waals surface area contributed by atoms with Gasteiger partial charge in [-0.3, -0.25) is 0 Å². The Balaban J connectivity index is 1.82. The molecule has 0 radical (unpaired) electrons. The summed E-state index contributed by atoms with van der Waals surface area (Å²) in [5.41, 5.74) is 2.05. The predicted octanol–water partition coefficient (Wildman–Crippen LogP) is 3.28. The second-order valence-corrected chi connectivity index (χ2v) is 4.80. The van der Waals surface area contributed by atoms with Crippen molar-refractivity contribution in [2.75, 3.05) is 17.7 Å². The molecule has 2 aromatic rings. The molecule has 0 aliphatic carbocycles. The summed E-state index contributed by atoms with van der Waals surface area (Å²) in [5, 5.41) is 12.5. The fourth-order valence-corrected chi connectivity index (χ4v) is 1.80. The molecule has 0 heterocycles. The molecule has 0 fully saturated rings. The highest BCUT2D eigenvalue weighted by atomic mass is 35.5. The SMILES string of the molecule is OC(CCl)CNc1ccc(COc2ccccc2)cc1. The minimum Gasteiger partial charge on any atom is -0.489 e. The summed E-state index contributed by atoms with van der Waals surface area (Å²) in [6.45, 7) is 0.984. The van der Waals surface area contributed by atoms with E-state index < -0.39 is 6.10 Å². The van der Waals surface area contributed by atoms with Crippen molar-refractivity contribution in [2.24, 2.45) is 0 Å². The Hall–Kier alpha value is -1.71. The Morgan fingerprint density at radius 1 is 1.05 bits per heavy atom. The number of nitrogens with one attached hydrogen (secondary N) is 1. The molecular formula is C16H18ClNO2. The minimum atomic E-state index is -0.530. The number of benzene rings is 2. The highest BCUT2D eigenvalue weighted by Crippen LogP contribution is 2.14. The molecule has 0 saturated heterocycles. The van der Waals surface area contributed by atoms with Gasteiger partial charge in [-0.2, -0.15) is 0 Å². The lowest BCUT2D eigenvalue weighted by Gasteiger charge is -2.11. The third-order valence-corrected chi connectivity index (χ3v) is 3.18. The van der Waals surface area contributed by atoms with Crippen LogP contribution in [0, 0.1) is 0 Å². The van der Waals surface area contributed by atoms with E-state index in [0.29, 0.717) is 13.2 Å². The van der Waals surface area contributed by atoms with Crippen LogP contribution in [0.3, 0.4) is 0 Å². The third kappa shape index (κ3) is 4.76. The first-order valence-corrected chi connectivity index (χ1v) is 7.06. The molecule has 106 valence electrons. The van der Waals surface area contributed by atoms with Gasteiger partial charge in [0, 0.05) is 12.2 Å². The van der Waals surface area contributed by atoms with Gasteiger partial charge in [0.05, 0.1) is 12.0 Å². The van der Waals surface area contributed by atoms with Gasteiger partial charge >= 0.3 is 0 Å². The van der Waals surface area contributed by atoms with Gasteiger partial charge in [-0.05, 0) is 29.8 Å². The van der Waals surface area contributed by atoms with Crippen molar-refractivity contribution in [3.63, 3.8) is 0 Å². The Bertz CT molecular complexity index is 502. The first-order chi connectivity index (χ1) is 9.78. The van der Waals surface area contributed by atoms with Crippen LogP contribution in [-0.4, -0.2) is 23.6 Å². The van der Waals surface area contributed by atoms with Crippen molar-refractivity contribution < 1.29 is 9.84 Å². The average molecular weight is 292 g/mol. The van der Waals surface area contributed by atoms with Crippen LogP contribution in [0.5, 0.6) is 5.75 Å². The second-order valence-electron chi connectivity index (χ2n) is 4.49. The van der Waals surface area contributed by atoms with E-state index in [2.05, 4.69) is 5.32 Å². The molecule has 1 unspecified atom stereocenters. The van der Waals surface area contributed by atoms with Gasteiger partial charge < -0.3 is 15.2 Å². The summed E-state index contributed by atoms with van der Waals surface area (Å²) < 4.78 is 5.67. The minimum absolute atomic E-state index is 0.232. The summed E-state index contributed by atoms with van der Waals surface area (Å²) in [7, 11) is 0. The molecule has 3 nitrogen and oxygen atoms in total. The van der Waals surface area contributed by atoms with Crippen LogP contribution in [0.4, 0.5) is 5.69 Å². The van der Waals surface area contributed by atoms with Gasteiger partial charge in [0.1, 0.15) is 12.4 Å². The lowest BCUT2D eigenvalue weighted by molar-refractivity contribution is 0.211. The van der Waals surface area contributed by atoms with Crippen molar-refractivity contribution in [1.82, 2.24) is 0 Å². The molecule has 0 saturated carbocycles. The number of anilines is 1. The first kappa shape index (κ1) is 14.7. The fourth-order valence-electron chi connectivity index (χ4n) is 1.69. The van der Waals surface area contributed by atoms with E-state index in [4.69, 9.17) is 16.3 Å². The molecule has 2 aromatic carbocycles. The summed E-state index contributed by atoms with van der Waals surface area (Å²) in [6.07, 6.45) is -0.530. The van der Waals surface area contributed by atoms with Crippen molar-refractivity contribution in [2.45, 2.75) is 12.7 Å². The molecular weight excluding hydrogens is 274 g/mol. The van der Waals surface area contributed by atoms with E-state index in [9.17, 15) is 5.11 Å². The Labute approximate surface area is 124 Å². The summed E-state index contributed by atoms with van der Waals surface area (Å²) >= 11 is 5.54. The molecule has 2 N–H and O–H groups in total. The molecule has 0 aliphatic heterocycles. The Morgan fingerprint density at radius 3 is 2.40 bits per heavy atom. The highest BCUT2D eigenvalue weighted by Gasteiger charge is 2.01. The van der Waals surface area contributed by atoms with Crippen LogP contribution in [-0.2, 0) is 6.61 Å². The quantitative estimate of drug-likeness (QED) is 0.769. The van der Waals surface area contributed by atoms with Gasteiger partial charge in [-0.1, -0.05) is 30.3 Å². The van der Waals surface area contributed by atoms with Gasteiger partial charge in [0.2, 0.25) is 0 Å². The monoisotopic (exact) mass is 291 g/mol. The number of aliphatic hydroxyl groups excluding tert-OH is 1. The largest absolute Gasteiger partial charge is 0.489 e. The topological polar surface area (TPSA) is 41.5 Å². The molecule has 20 heavy (non-hydrogen) atoms. The molecule has 0 aromatic heterocycles. The van der Waals surface area contributed by atoms with E-state index in [0.717, 1.165) is 17.0 Å². The zero-order valence-electron chi connectivity index (χ0n) is 11.1. The standard InChI is InChI=1S/C16H18ClNO2/c17-10-15(19)11-18-14-8-6-13(7-9-14)12-20-16-4-2-1-3-5-16/h1-9,15,18-19H,10-12H2. The number of halogens is 1. The molecule has 0 aliphatic rings. The van der Waals surface area contributed by atoms with Crippen LogP contribution in [0.2, 0.25) is 0 Å². The zero-order chi connectivity index (χ0) is 14.2. The lowest BCUT2D eigenvalue weighted by Crippen LogP contribution is -2.20. The van der Waals surface area contributed by atoms with Crippen molar-refractivity contribution in [3.05, 3.63) is 60.2 Å². The van der Waals surface area contributed by atoms with E-state index in [1.54, 1.807) is 0 Å². The van der Waals surface area contributed by atoms with E-state index >= 15 is 0 Å². The smallest absolute Gasteiger partial charge is 0.119 e. The number of rotatable bonds is 7. The molecule has 2 rings (SSSR count). The van der Waals surface area contributed by atoms with Crippen LogP contribution in [0.15, 0.2) is 54.6 Å². The number of aliphatic hydroxyl groups is 1. The number of hydrogen-bond donors (Lipinski definition) is 2. The summed E-state index contributed by atoms with van der Waals surface area (Å²) in [4.78, 5) is 0. The van der Waals surface area contributed by atoms with Crippen molar-refractivity contribution >= 4 is 17.3 Å². The highest BCUT2D eigenvalue weighted by molar-refractivity contribution is 6.18. The third-order valence-electron chi connectivity index (χ3n) is 2.82. The van der Waals surface area contributed by atoms with E-state index in [1.807, 2.05) is 54.6 Å². The van der Waals surface area contributed by atoms with Gasteiger partial charge in [-0.15, -0.1) is 11.6 Å². The predicted molar refractivity (Wildman–Crippen MR) is 82.4 cm³/mol. The van der Waals surface area contributed by atoms with Gasteiger partial charge in [0.15, 0.2) is 0 Å². The maximum absolute atomic E-state index is 9.37. The molecule has 0 amide bonds. The van der Waals surface area contributed by atoms with E-state index in [-0.39, 0.29) is 5.88 Å². The fraction of sp³-hybridized carbons (Fsp3) is 0.250. The maximum atomic E-state index is 9.37. The van der Waals surface area contributed by atoms with Crippen LogP contribution >= 0.6 is 11.6 Å². The van der Waals surface area contributed by atoms with Crippen molar-refractivity contribution in [3.8, 4) is 5.75 Å². The Kier molecular flexibility index (Phi) is 5.71. The van der Waals surface area contributed by atoms with Crippen LogP contribution < -0.4 is 10.1 Å². The van der Waals surface area contributed by atoms with Crippen LogP contribution in [0.1, 0.15) is 5.56 Å². The Morgan fingerprint density at radius 2 is 1.75 bits per heavy atom. The maximum Gasteiger partial charge on any atom is 0.119 e. The lowest BCUT2D eigenvalue weighted by atomic mass is 10.2. The number of ether oxygens (including phenoxy) is 1. The number of alkyl halides is 1. The van der Waals surface area contributed by atoms with Gasteiger partial charge in [0.25, 0.3) is 0 Å². The molecule has 4 heteroatoms. The zero-order valence-corrected chi connectivity index (χ0v) is 11.9. The summed E-state index contributed by atoms with van der Waals surface area (Å²) in [6, 6.07) is 17.6. The normalized spacial score (nSPS) is 11.9. The average Bonchev–Trinajstić information content (AvgIpc) is 2.52.